The van der Waals surface area contributed by atoms with E-state index in [1.807, 2.05) is 30.9 Å². The number of aryl methyl sites for hydroxylation is 2. The minimum atomic E-state index is -0.909. The second kappa shape index (κ2) is 3.10. The molecule has 3 aromatic rings. The Labute approximate surface area is 96.9 Å². The van der Waals surface area contributed by atoms with Crippen LogP contribution in [0.4, 0.5) is 0 Å². The Morgan fingerprint density at radius 2 is 2.06 bits per heavy atom. The van der Waals surface area contributed by atoms with Gasteiger partial charge in [-0.2, -0.15) is 5.10 Å². The number of carbonyl (C=O) groups is 1. The molecule has 0 spiro atoms. The van der Waals surface area contributed by atoms with Gasteiger partial charge in [-0.05, 0) is 18.2 Å². The lowest BCUT2D eigenvalue weighted by Gasteiger charge is -1.98. The summed E-state index contributed by atoms with van der Waals surface area (Å²) in [7, 11) is 3.78. The highest BCUT2D eigenvalue weighted by Crippen LogP contribution is 2.27. The van der Waals surface area contributed by atoms with Crippen LogP contribution in [-0.2, 0) is 14.1 Å². The average Bonchev–Trinajstić information content (AvgIpc) is 2.78. The minimum absolute atomic E-state index is 0.300. The van der Waals surface area contributed by atoms with E-state index in [9.17, 15) is 4.79 Å². The smallest absolute Gasteiger partial charge is 0.335 e. The van der Waals surface area contributed by atoms with E-state index in [4.69, 9.17) is 5.11 Å². The predicted octanol–water partition coefficient (Wildman–Crippen LogP) is 1.76. The predicted molar refractivity (Wildman–Crippen MR) is 64.2 cm³/mol. The molecule has 17 heavy (non-hydrogen) atoms. The van der Waals surface area contributed by atoms with Crippen LogP contribution in [-0.4, -0.2) is 25.4 Å². The second-order valence-electron chi connectivity index (χ2n) is 4.14. The number of hydrogen-bond acceptors (Lipinski definition) is 2. The van der Waals surface area contributed by atoms with E-state index < -0.39 is 5.97 Å². The molecule has 0 bridgehead atoms. The summed E-state index contributed by atoms with van der Waals surface area (Å²) in [6, 6.07) is 5.13. The van der Waals surface area contributed by atoms with Gasteiger partial charge in [-0.1, -0.05) is 0 Å². The maximum atomic E-state index is 11.0. The Kier molecular flexibility index (Phi) is 1.80. The van der Waals surface area contributed by atoms with Gasteiger partial charge in [-0.25, -0.2) is 4.79 Å². The number of aromatic carboxylic acids is 1. The van der Waals surface area contributed by atoms with Crippen molar-refractivity contribution in [2.45, 2.75) is 0 Å². The van der Waals surface area contributed by atoms with Crippen molar-refractivity contribution < 1.29 is 9.90 Å². The normalized spacial score (nSPS) is 11.4. The molecule has 0 aliphatic carbocycles. The van der Waals surface area contributed by atoms with Crippen LogP contribution in [0.3, 0.4) is 0 Å². The largest absolute Gasteiger partial charge is 0.478 e. The number of carboxylic acid groups (broad SMARTS) is 1. The highest BCUT2D eigenvalue weighted by Gasteiger charge is 2.13. The molecule has 2 aromatic heterocycles. The van der Waals surface area contributed by atoms with Gasteiger partial charge in [0.1, 0.15) is 0 Å². The molecule has 1 aromatic carbocycles. The van der Waals surface area contributed by atoms with E-state index in [-0.39, 0.29) is 0 Å². The average molecular weight is 229 g/mol. The summed E-state index contributed by atoms with van der Waals surface area (Å²) < 4.78 is 3.70. The quantitative estimate of drug-likeness (QED) is 0.691. The summed E-state index contributed by atoms with van der Waals surface area (Å²) in [5, 5.41) is 15.3. The van der Waals surface area contributed by atoms with Crippen molar-refractivity contribution in [3.05, 3.63) is 30.0 Å². The van der Waals surface area contributed by atoms with E-state index in [1.165, 1.54) is 0 Å². The molecule has 5 nitrogen and oxygen atoms in total. The molecular formula is C12H11N3O2. The van der Waals surface area contributed by atoms with Crippen molar-refractivity contribution in [1.82, 2.24) is 14.3 Å². The number of fused-ring (bicyclic) bond motifs is 3. The van der Waals surface area contributed by atoms with Crippen molar-refractivity contribution in [3.8, 4) is 0 Å². The number of aromatic nitrogens is 3. The van der Waals surface area contributed by atoms with Crippen molar-refractivity contribution in [3.63, 3.8) is 0 Å². The summed E-state index contributed by atoms with van der Waals surface area (Å²) in [6.45, 7) is 0. The molecule has 0 radical (unpaired) electrons. The molecular weight excluding hydrogens is 218 g/mol. The van der Waals surface area contributed by atoms with Gasteiger partial charge in [0.15, 0.2) is 5.65 Å². The van der Waals surface area contributed by atoms with Gasteiger partial charge in [0.05, 0.1) is 11.1 Å². The van der Waals surface area contributed by atoms with Gasteiger partial charge in [0.2, 0.25) is 0 Å². The van der Waals surface area contributed by atoms with Crippen molar-refractivity contribution in [1.29, 1.82) is 0 Å². The third-order valence-corrected chi connectivity index (χ3v) is 3.02. The number of carboxylic acids is 1. The summed E-state index contributed by atoms with van der Waals surface area (Å²) in [4.78, 5) is 11.0. The molecule has 0 fully saturated rings. The van der Waals surface area contributed by atoms with Crippen LogP contribution in [0.15, 0.2) is 24.4 Å². The first-order chi connectivity index (χ1) is 8.08. The van der Waals surface area contributed by atoms with Gasteiger partial charge in [0.25, 0.3) is 0 Å². The third kappa shape index (κ3) is 1.25. The first-order valence-corrected chi connectivity index (χ1v) is 5.23. The van der Waals surface area contributed by atoms with Crippen molar-refractivity contribution >= 4 is 27.9 Å². The number of hydrogen-bond donors (Lipinski definition) is 1. The van der Waals surface area contributed by atoms with Crippen molar-refractivity contribution in [2.24, 2.45) is 14.1 Å². The summed E-state index contributed by atoms with van der Waals surface area (Å²) in [5.74, 6) is -0.909. The van der Waals surface area contributed by atoms with Crippen LogP contribution in [0.1, 0.15) is 10.4 Å². The Bertz CT molecular complexity index is 752. The summed E-state index contributed by atoms with van der Waals surface area (Å²) >= 11 is 0. The molecule has 0 saturated heterocycles. The molecule has 0 amide bonds. The fraction of sp³-hybridized carbons (Fsp3) is 0.167. The molecule has 0 aliphatic heterocycles. The standard InChI is InChI=1S/C12H11N3O2/c1-14-6-9-8-5-7(12(16)17)3-4-10(8)15(2)11(9)13-14/h3-6H,1-2H3,(H,16,17). The van der Waals surface area contributed by atoms with Gasteiger partial charge < -0.3 is 9.67 Å². The molecule has 0 aliphatic rings. The lowest BCUT2D eigenvalue weighted by molar-refractivity contribution is 0.0697. The SMILES string of the molecule is Cn1cc2c3cc(C(=O)O)ccc3n(C)c2n1. The fourth-order valence-electron chi connectivity index (χ4n) is 2.21. The van der Waals surface area contributed by atoms with Gasteiger partial charge in [-0.3, -0.25) is 4.68 Å². The summed E-state index contributed by atoms with van der Waals surface area (Å²) in [6.07, 6.45) is 1.91. The van der Waals surface area contributed by atoms with Gasteiger partial charge in [-0.15, -0.1) is 0 Å². The van der Waals surface area contributed by atoms with Crippen LogP contribution < -0.4 is 0 Å². The maximum absolute atomic E-state index is 11.0. The Morgan fingerprint density at radius 1 is 1.29 bits per heavy atom. The zero-order chi connectivity index (χ0) is 12.2. The lowest BCUT2D eigenvalue weighted by Crippen LogP contribution is -1.96. The number of rotatable bonds is 1. The maximum Gasteiger partial charge on any atom is 0.335 e. The molecule has 2 heterocycles. The van der Waals surface area contributed by atoms with E-state index in [1.54, 1.807) is 16.8 Å². The number of benzene rings is 1. The zero-order valence-electron chi connectivity index (χ0n) is 9.51. The molecule has 5 heteroatoms. The molecule has 0 saturated carbocycles. The van der Waals surface area contributed by atoms with Gasteiger partial charge in [0, 0.05) is 31.1 Å². The van der Waals surface area contributed by atoms with Crippen molar-refractivity contribution in [2.75, 3.05) is 0 Å². The molecule has 86 valence electrons. The van der Waals surface area contributed by atoms with E-state index >= 15 is 0 Å². The van der Waals surface area contributed by atoms with E-state index in [0.717, 1.165) is 21.9 Å². The topological polar surface area (TPSA) is 60.1 Å². The highest BCUT2D eigenvalue weighted by molar-refractivity contribution is 6.08. The minimum Gasteiger partial charge on any atom is -0.478 e. The second-order valence-corrected chi connectivity index (χ2v) is 4.14. The van der Waals surface area contributed by atoms with Crippen LogP contribution in [0, 0.1) is 0 Å². The van der Waals surface area contributed by atoms with Crippen LogP contribution in [0.25, 0.3) is 21.9 Å². The van der Waals surface area contributed by atoms with Crippen LogP contribution >= 0.6 is 0 Å². The van der Waals surface area contributed by atoms with E-state index in [0.29, 0.717) is 5.56 Å². The molecule has 3 rings (SSSR count). The van der Waals surface area contributed by atoms with Crippen LogP contribution in [0.5, 0.6) is 0 Å². The van der Waals surface area contributed by atoms with Gasteiger partial charge >= 0.3 is 5.97 Å². The summed E-state index contributed by atoms with van der Waals surface area (Å²) in [5.41, 5.74) is 2.16. The molecule has 0 atom stereocenters. The monoisotopic (exact) mass is 229 g/mol. The Morgan fingerprint density at radius 3 is 2.76 bits per heavy atom. The highest BCUT2D eigenvalue weighted by atomic mass is 16.4. The molecule has 1 N–H and O–H groups in total. The third-order valence-electron chi connectivity index (χ3n) is 3.02. The lowest BCUT2D eigenvalue weighted by atomic mass is 10.1. The Balaban J connectivity index is 2.48. The number of nitrogens with zero attached hydrogens (tertiary/aromatic N) is 3. The fourth-order valence-corrected chi connectivity index (χ4v) is 2.21. The zero-order valence-corrected chi connectivity index (χ0v) is 9.51. The first kappa shape index (κ1) is 9.89. The molecule has 0 unspecified atom stereocenters. The van der Waals surface area contributed by atoms with Crippen LogP contribution in [0.2, 0.25) is 0 Å². The van der Waals surface area contributed by atoms with E-state index in [2.05, 4.69) is 5.10 Å². The first-order valence-electron chi connectivity index (χ1n) is 5.23. The Hall–Kier alpha value is -2.30.